The van der Waals surface area contributed by atoms with Crippen molar-refractivity contribution in [3.63, 3.8) is 0 Å². The minimum atomic E-state index is -0.204. The van der Waals surface area contributed by atoms with Gasteiger partial charge in [-0.2, -0.15) is 4.98 Å². The molecule has 0 atom stereocenters. The molecule has 0 bridgehead atoms. The summed E-state index contributed by atoms with van der Waals surface area (Å²) in [5, 5.41) is 3.85. The van der Waals surface area contributed by atoms with E-state index in [1.54, 1.807) is 14.2 Å². The van der Waals surface area contributed by atoms with Crippen LogP contribution in [0.25, 0.3) is 10.2 Å². The van der Waals surface area contributed by atoms with Crippen LogP contribution in [0.1, 0.15) is 40.5 Å². The van der Waals surface area contributed by atoms with Gasteiger partial charge in [-0.1, -0.05) is 41.9 Å². The molecule has 8 heteroatoms. The van der Waals surface area contributed by atoms with Gasteiger partial charge < -0.3 is 14.8 Å². The van der Waals surface area contributed by atoms with Crippen LogP contribution >= 0.6 is 27.3 Å². The van der Waals surface area contributed by atoms with Crippen molar-refractivity contribution in [3.8, 4) is 5.88 Å². The van der Waals surface area contributed by atoms with Crippen LogP contribution in [0.2, 0.25) is 0 Å². The van der Waals surface area contributed by atoms with E-state index in [1.165, 1.54) is 11.3 Å². The number of nitrogens with zero attached hydrogens (tertiary/aromatic N) is 2. The number of rotatable bonds is 7. The SMILES string of the molecule is COCc1nc(OC)c2c(C)c(C(=O)NCC(C)(C)c3ccc(Br)cc3)sc2n1. The quantitative estimate of drug-likeness (QED) is 0.536. The molecule has 0 spiro atoms. The van der Waals surface area contributed by atoms with E-state index in [-0.39, 0.29) is 17.9 Å². The fourth-order valence-electron chi connectivity index (χ4n) is 3.09. The van der Waals surface area contributed by atoms with E-state index < -0.39 is 0 Å². The Hall–Kier alpha value is -2.03. The van der Waals surface area contributed by atoms with Gasteiger partial charge in [0.25, 0.3) is 5.91 Å². The summed E-state index contributed by atoms with van der Waals surface area (Å²) in [7, 11) is 3.15. The third-order valence-corrected chi connectivity index (χ3v) is 6.51. The normalized spacial score (nSPS) is 11.7. The van der Waals surface area contributed by atoms with Gasteiger partial charge in [0.2, 0.25) is 5.88 Å². The molecule has 0 saturated heterocycles. The second kappa shape index (κ2) is 8.77. The summed E-state index contributed by atoms with van der Waals surface area (Å²) >= 11 is 4.80. The molecule has 0 aliphatic carbocycles. The Kier molecular flexibility index (Phi) is 6.55. The molecule has 2 aromatic heterocycles. The number of ether oxygens (including phenoxy) is 2. The van der Waals surface area contributed by atoms with Crippen LogP contribution in [0.3, 0.4) is 0 Å². The number of amides is 1. The van der Waals surface area contributed by atoms with Crippen LogP contribution < -0.4 is 10.1 Å². The Morgan fingerprint density at radius 3 is 2.52 bits per heavy atom. The fraction of sp³-hybridized carbons (Fsp3) is 0.381. The van der Waals surface area contributed by atoms with Crippen molar-refractivity contribution in [2.24, 2.45) is 0 Å². The molecule has 0 unspecified atom stereocenters. The molecule has 29 heavy (non-hydrogen) atoms. The third kappa shape index (κ3) is 4.60. The van der Waals surface area contributed by atoms with E-state index in [2.05, 4.69) is 57.2 Å². The zero-order valence-corrected chi connectivity index (χ0v) is 19.5. The Morgan fingerprint density at radius 1 is 1.21 bits per heavy atom. The summed E-state index contributed by atoms with van der Waals surface area (Å²) in [5.74, 6) is 0.873. The smallest absolute Gasteiger partial charge is 0.261 e. The van der Waals surface area contributed by atoms with E-state index in [0.29, 0.717) is 23.1 Å². The average molecular weight is 478 g/mol. The van der Waals surface area contributed by atoms with Gasteiger partial charge in [-0.15, -0.1) is 11.3 Å². The molecule has 1 N–H and O–H groups in total. The fourth-order valence-corrected chi connectivity index (χ4v) is 4.46. The number of thiophene rings is 1. The zero-order chi connectivity index (χ0) is 21.2. The van der Waals surface area contributed by atoms with Crippen molar-refractivity contribution >= 4 is 43.4 Å². The molecule has 6 nitrogen and oxygen atoms in total. The lowest BCUT2D eigenvalue weighted by atomic mass is 9.84. The van der Waals surface area contributed by atoms with Crippen LogP contribution in [0, 0.1) is 6.92 Å². The van der Waals surface area contributed by atoms with E-state index in [9.17, 15) is 4.79 Å². The van der Waals surface area contributed by atoms with Gasteiger partial charge >= 0.3 is 0 Å². The molecule has 0 aliphatic rings. The molecule has 154 valence electrons. The highest BCUT2D eigenvalue weighted by molar-refractivity contribution is 9.10. The highest BCUT2D eigenvalue weighted by Crippen LogP contribution is 2.35. The topological polar surface area (TPSA) is 73.3 Å². The highest BCUT2D eigenvalue weighted by atomic mass is 79.9. The van der Waals surface area contributed by atoms with Crippen molar-refractivity contribution in [1.82, 2.24) is 15.3 Å². The lowest BCUT2D eigenvalue weighted by molar-refractivity contribution is 0.0949. The van der Waals surface area contributed by atoms with Gasteiger partial charge in [-0.25, -0.2) is 4.98 Å². The summed E-state index contributed by atoms with van der Waals surface area (Å²) < 4.78 is 11.6. The summed E-state index contributed by atoms with van der Waals surface area (Å²) in [6.07, 6.45) is 0. The lowest BCUT2D eigenvalue weighted by Gasteiger charge is -2.25. The molecule has 0 aliphatic heterocycles. The standard InChI is InChI=1S/C21H24BrN3O3S/c1-12-16-19(28-5)24-15(10-27-4)25-20(16)29-17(12)18(26)23-11-21(2,3)13-6-8-14(22)9-7-13/h6-9H,10-11H2,1-5H3,(H,23,26). The van der Waals surface area contributed by atoms with E-state index in [0.717, 1.165) is 25.8 Å². The largest absolute Gasteiger partial charge is 0.480 e. The van der Waals surface area contributed by atoms with E-state index in [4.69, 9.17) is 9.47 Å². The van der Waals surface area contributed by atoms with Gasteiger partial charge in [0.1, 0.15) is 11.4 Å². The molecule has 1 aromatic carbocycles. The summed E-state index contributed by atoms with van der Waals surface area (Å²) in [6.45, 7) is 6.92. The lowest BCUT2D eigenvalue weighted by Crippen LogP contribution is -2.36. The molecule has 2 heterocycles. The molecular formula is C21H24BrN3O3S. The molecule has 0 radical (unpaired) electrons. The van der Waals surface area contributed by atoms with Gasteiger partial charge in [0.05, 0.1) is 17.4 Å². The van der Waals surface area contributed by atoms with Crippen molar-refractivity contribution in [3.05, 3.63) is 50.6 Å². The second-order valence-electron chi connectivity index (χ2n) is 7.39. The zero-order valence-electron chi connectivity index (χ0n) is 17.1. The van der Waals surface area contributed by atoms with Gasteiger partial charge in [-0.3, -0.25) is 4.79 Å². The van der Waals surface area contributed by atoms with Crippen molar-refractivity contribution < 1.29 is 14.3 Å². The number of hydrogen-bond donors (Lipinski definition) is 1. The number of carbonyl (C=O) groups excluding carboxylic acids is 1. The number of methoxy groups -OCH3 is 2. The molecule has 1 amide bonds. The van der Waals surface area contributed by atoms with Gasteiger partial charge in [0, 0.05) is 23.5 Å². The van der Waals surface area contributed by atoms with Crippen molar-refractivity contribution in [2.75, 3.05) is 20.8 Å². The molecular weight excluding hydrogens is 454 g/mol. The summed E-state index contributed by atoms with van der Waals surface area (Å²) in [5.41, 5.74) is 1.78. The highest BCUT2D eigenvalue weighted by Gasteiger charge is 2.25. The van der Waals surface area contributed by atoms with Crippen LogP contribution in [-0.4, -0.2) is 36.6 Å². The first-order chi connectivity index (χ1) is 13.8. The van der Waals surface area contributed by atoms with E-state index in [1.807, 2.05) is 19.1 Å². The van der Waals surface area contributed by atoms with Gasteiger partial charge in [0.15, 0.2) is 5.82 Å². The molecule has 0 saturated carbocycles. The maximum absolute atomic E-state index is 13.0. The number of hydrogen-bond acceptors (Lipinski definition) is 6. The number of aromatic nitrogens is 2. The first kappa shape index (κ1) is 21.7. The minimum absolute atomic E-state index is 0.119. The Balaban J connectivity index is 1.85. The van der Waals surface area contributed by atoms with Crippen LogP contribution in [0.4, 0.5) is 0 Å². The number of fused-ring (bicyclic) bond motifs is 1. The first-order valence-corrected chi connectivity index (χ1v) is 10.7. The number of carbonyl (C=O) groups is 1. The predicted molar refractivity (Wildman–Crippen MR) is 119 cm³/mol. The van der Waals surface area contributed by atoms with Gasteiger partial charge in [-0.05, 0) is 30.2 Å². The minimum Gasteiger partial charge on any atom is -0.480 e. The Bertz CT molecular complexity index is 1030. The Morgan fingerprint density at radius 2 is 1.90 bits per heavy atom. The number of aryl methyl sites for hydroxylation is 1. The number of nitrogens with one attached hydrogen (secondary N) is 1. The van der Waals surface area contributed by atoms with Crippen LogP contribution in [-0.2, 0) is 16.8 Å². The maximum atomic E-state index is 13.0. The second-order valence-corrected chi connectivity index (χ2v) is 9.31. The number of benzene rings is 1. The molecule has 3 rings (SSSR count). The summed E-state index contributed by atoms with van der Waals surface area (Å²) in [4.78, 5) is 23.2. The molecule has 3 aromatic rings. The number of halogens is 1. The van der Waals surface area contributed by atoms with Crippen LogP contribution in [0.5, 0.6) is 5.88 Å². The first-order valence-electron chi connectivity index (χ1n) is 9.14. The Labute approximate surface area is 182 Å². The van der Waals surface area contributed by atoms with E-state index >= 15 is 0 Å². The third-order valence-electron chi connectivity index (χ3n) is 4.79. The summed E-state index contributed by atoms with van der Waals surface area (Å²) in [6, 6.07) is 8.16. The maximum Gasteiger partial charge on any atom is 0.261 e. The van der Waals surface area contributed by atoms with Crippen molar-refractivity contribution in [2.45, 2.75) is 32.8 Å². The van der Waals surface area contributed by atoms with Crippen molar-refractivity contribution in [1.29, 1.82) is 0 Å². The van der Waals surface area contributed by atoms with Crippen LogP contribution in [0.15, 0.2) is 28.7 Å². The molecule has 0 fully saturated rings. The monoisotopic (exact) mass is 477 g/mol. The average Bonchev–Trinajstić information content (AvgIpc) is 3.03. The predicted octanol–water partition coefficient (Wildman–Crippen LogP) is 4.62.